The summed E-state index contributed by atoms with van der Waals surface area (Å²) in [5.41, 5.74) is 4.39. The number of hydrogen-bond acceptors (Lipinski definition) is 5. The van der Waals surface area contributed by atoms with Crippen molar-refractivity contribution in [1.29, 1.82) is 0 Å². The highest BCUT2D eigenvalue weighted by atomic mass is 35.5. The second kappa shape index (κ2) is 15.1. The van der Waals surface area contributed by atoms with Gasteiger partial charge in [0.05, 0.1) is 39.1 Å². The first-order valence-corrected chi connectivity index (χ1v) is 14.1. The summed E-state index contributed by atoms with van der Waals surface area (Å²) < 4.78 is 27.7. The van der Waals surface area contributed by atoms with Gasteiger partial charge in [0, 0.05) is 6.54 Å². The average molecular weight is 558 g/mol. The monoisotopic (exact) mass is 557 g/mol. The summed E-state index contributed by atoms with van der Waals surface area (Å²) in [7, 11) is 0. The Morgan fingerprint density at radius 2 is 0.925 bits per heavy atom. The van der Waals surface area contributed by atoms with E-state index in [1.807, 2.05) is 72.8 Å². The van der Waals surface area contributed by atoms with Crippen molar-refractivity contribution < 1.29 is 18.9 Å². The second-order valence-electron chi connectivity index (χ2n) is 10.0. The Labute approximate surface area is 242 Å². The molecule has 4 aromatic rings. The van der Waals surface area contributed by atoms with Gasteiger partial charge in [-0.1, -0.05) is 121 Å². The van der Waals surface area contributed by atoms with E-state index in [2.05, 4.69) is 48.5 Å². The Balaban J connectivity index is 1.36. The molecule has 0 N–H and O–H groups in total. The predicted octanol–water partition coefficient (Wildman–Crippen LogP) is 6.80. The van der Waals surface area contributed by atoms with E-state index in [0.717, 1.165) is 22.3 Å². The van der Waals surface area contributed by atoms with E-state index in [1.165, 1.54) is 0 Å². The molecule has 6 heteroatoms. The normalized spacial score (nSPS) is 21.3. The molecule has 0 unspecified atom stereocenters. The lowest BCUT2D eigenvalue weighted by molar-refractivity contribution is -0.197. The first-order valence-electron chi connectivity index (χ1n) is 13.8. The second-order valence-corrected chi connectivity index (χ2v) is 10.4. The van der Waals surface area contributed by atoms with Crippen LogP contribution in [-0.4, -0.2) is 41.9 Å². The molecular formula is C34H36ClNO4. The Kier molecular flexibility index (Phi) is 10.8. The van der Waals surface area contributed by atoms with Crippen LogP contribution in [-0.2, 0) is 45.4 Å². The molecule has 0 saturated carbocycles. The van der Waals surface area contributed by atoms with Gasteiger partial charge in [0.15, 0.2) is 0 Å². The van der Waals surface area contributed by atoms with Crippen LogP contribution in [0.5, 0.6) is 0 Å². The minimum atomic E-state index is -0.383. The molecule has 0 radical (unpaired) electrons. The number of nitrogens with zero attached hydrogens (tertiary/aromatic N) is 1. The molecule has 1 heterocycles. The highest BCUT2D eigenvalue weighted by Gasteiger charge is 2.46. The van der Waals surface area contributed by atoms with Gasteiger partial charge in [-0.15, -0.1) is 0 Å². The molecule has 0 aromatic heterocycles. The fourth-order valence-electron chi connectivity index (χ4n) is 4.92. The standard InChI is InChI=1S/C34H36ClNO4/c35-36-21-32(38-23-28-15-7-2-8-16-28)34(40-25-30-19-11-4-12-20-30)33(39-24-29-17-9-3-10-18-29)31(36)26-37-22-27-13-5-1-6-14-27/h1-20,31-34H,21-26H2/t31-,32-,33+,34+/m0/s1. The highest BCUT2D eigenvalue weighted by Crippen LogP contribution is 2.30. The van der Waals surface area contributed by atoms with Crippen molar-refractivity contribution in [1.82, 2.24) is 4.42 Å². The highest BCUT2D eigenvalue weighted by molar-refractivity contribution is 6.13. The van der Waals surface area contributed by atoms with Gasteiger partial charge in [-0.3, -0.25) is 0 Å². The van der Waals surface area contributed by atoms with E-state index in [9.17, 15) is 0 Å². The zero-order valence-corrected chi connectivity index (χ0v) is 23.3. The summed E-state index contributed by atoms with van der Waals surface area (Å²) in [6.45, 7) is 2.72. The molecule has 40 heavy (non-hydrogen) atoms. The van der Waals surface area contributed by atoms with Gasteiger partial charge in [0.1, 0.15) is 18.3 Å². The Hall–Kier alpha value is -3.03. The Morgan fingerprint density at radius 1 is 0.525 bits per heavy atom. The molecule has 1 fully saturated rings. The quantitative estimate of drug-likeness (QED) is 0.169. The van der Waals surface area contributed by atoms with Gasteiger partial charge in [0.2, 0.25) is 0 Å². The SMILES string of the molecule is ClN1C[C@H](OCc2ccccc2)[C@@H](OCc2ccccc2)[C@H](OCc2ccccc2)[C@@H]1COCc1ccccc1. The number of ether oxygens (including phenoxy) is 4. The van der Waals surface area contributed by atoms with E-state index < -0.39 is 0 Å². The van der Waals surface area contributed by atoms with Gasteiger partial charge >= 0.3 is 0 Å². The molecule has 1 saturated heterocycles. The third-order valence-electron chi connectivity index (χ3n) is 7.06. The first-order chi connectivity index (χ1) is 19.8. The fourth-order valence-corrected chi connectivity index (χ4v) is 5.22. The van der Waals surface area contributed by atoms with Crippen molar-refractivity contribution in [3.63, 3.8) is 0 Å². The van der Waals surface area contributed by atoms with E-state index in [4.69, 9.17) is 30.7 Å². The molecule has 0 bridgehead atoms. The summed E-state index contributed by atoms with van der Waals surface area (Å²) >= 11 is 6.94. The van der Waals surface area contributed by atoms with Gasteiger partial charge in [-0.25, -0.2) is 4.42 Å². The average Bonchev–Trinajstić information content (AvgIpc) is 3.01. The zero-order valence-electron chi connectivity index (χ0n) is 22.6. The largest absolute Gasteiger partial charge is 0.375 e. The van der Waals surface area contributed by atoms with E-state index in [1.54, 1.807) is 4.42 Å². The molecule has 0 spiro atoms. The van der Waals surface area contributed by atoms with Crippen molar-refractivity contribution in [3.8, 4) is 0 Å². The molecule has 5 rings (SSSR count). The Bertz CT molecular complexity index is 1250. The maximum absolute atomic E-state index is 6.94. The van der Waals surface area contributed by atoms with Crippen molar-refractivity contribution in [2.45, 2.75) is 50.8 Å². The maximum atomic E-state index is 6.94. The van der Waals surface area contributed by atoms with Crippen LogP contribution in [0.25, 0.3) is 0 Å². The molecule has 0 amide bonds. The molecule has 1 aliphatic heterocycles. The lowest BCUT2D eigenvalue weighted by atomic mass is 9.95. The third kappa shape index (κ3) is 8.24. The van der Waals surface area contributed by atoms with E-state index in [0.29, 0.717) is 39.6 Å². The first kappa shape index (κ1) is 28.5. The summed E-state index contributed by atoms with van der Waals surface area (Å²) in [5, 5.41) is 0. The van der Waals surface area contributed by atoms with Crippen molar-refractivity contribution in [2.75, 3.05) is 13.2 Å². The van der Waals surface area contributed by atoms with Crippen LogP contribution in [0.4, 0.5) is 0 Å². The van der Waals surface area contributed by atoms with Crippen LogP contribution in [0.2, 0.25) is 0 Å². The minimum Gasteiger partial charge on any atom is -0.375 e. The third-order valence-corrected chi connectivity index (χ3v) is 7.45. The molecule has 0 aliphatic carbocycles. The lowest BCUT2D eigenvalue weighted by Crippen LogP contribution is -2.62. The van der Waals surface area contributed by atoms with Gasteiger partial charge < -0.3 is 18.9 Å². The molecular weight excluding hydrogens is 522 g/mol. The van der Waals surface area contributed by atoms with Crippen molar-refractivity contribution in [3.05, 3.63) is 144 Å². The van der Waals surface area contributed by atoms with Crippen molar-refractivity contribution >= 4 is 11.8 Å². The van der Waals surface area contributed by atoms with Crippen LogP contribution in [0, 0.1) is 0 Å². The van der Waals surface area contributed by atoms with Crippen molar-refractivity contribution in [2.24, 2.45) is 0 Å². The summed E-state index contributed by atoms with van der Waals surface area (Å²) in [5.74, 6) is 0. The number of rotatable bonds is 13. The molecule has 1 aliphatic rings. The number of benzene rings is 4. The number of hydrogen-bond donors (Lipinski definition) is 0. The maximum Gasteiger partial charge on any atom is 0.113 e. The zero-order chi connectivity index (χ0) is 27.4. The van der Waals surface area contributed by atoms with Crippen LogP contribution < -0.4 is 0 Å². The number of halogens is 1. The predicted molar refractivity (Wildman–Crippen MR) is 158 cm³/mol. The smallest absolute Gasteiger partial charge is 0.113 e. The molecule has 4 aromatic carbocycles. The van der Waals surface area contributed by atoms with E-state index >= 15 is 0 Å². The van der Waals surface area contributed by atoms with Crippen LogP contribution in [0.3, 0.4) is 0 Å². The number of piperidine rings is 1. The Morgan fingerprint density at radius 3 is 1.40 bits per heavy atom. The minimum absolute atomic E-state index is 0.230. The molecule has 4 atom stereocenters. The lowest BCUT2D eigenvalue weighted by Gasteiger charge is -2.45. The topological polar surface area (TPSA) is 40.2 Å². The van der Waals surface area contributed by atoms with Crippen LogP contribution in [0.1, 0.15) is 22.3 Å². The van der Waals surface area contributed by atoms with Crippen LogP contribution >= 0.6 is 11.8 Å². The summed E-state index contributed by atoms with van der Waals surface area (Å²) in [4.78, 5) is 0. The summed E-state index contributed by atoms with van der Waals surface area (Å²) in [6, 6.07) is 40.4. The van der Waals surface area contributed by atoms with Gasteiger partial charge in [-0.2, -0.15) is 0 Å². The van der Waals surface area contributed by atoms with Crippen LogP contribution in [0.15, 0.2) is 121 Å². The van der Waals surface area contributed by atoms with E-state index in [-0.39, 0.29) is 24.4 Å². The fraction of sp³-hybridized carbons (Fsp3) is 0.294. The van der Waals surface area contributed by atoms with Gasteiger partial charge in [-0.05, 0) is 34.0 Å². The molecule has 208 valence electrons. The van der Waals surface area contributed by atoms with Gasteiger partial charge in [0.25, 0.3) is 0 Å². The summed E-state index contributed by atoms with van der Waals surface area (Å²) in [6.07, 6.45) is -1.03. The molecule has 5 nitrogen and oxygen atoms in total.